The third-order valence-corrected chi connectivity index (χ3v) is 6.36. The van der Waals surface area contributed by atoms with Crippen molar-refractivity contribution in [2.75, 3.05) is 0 Å². The molecule has 1 aromatic carbocycles. The van der Waals surface area contributed by atoms with Crippen LogP contribution in [0.2, 0.25) is 0 Å². The molecule has 1 aliphatic carbocycles. The monoisotopic (exact) mass is 471 g/mol. The second kappa shape index (κ2) is 8.62. The molecule has 2 atom stereocenters. The van der Waals surface area contributed by atoms with Crippen LogP contribution in [0.15, 0.2) is 23.1 Å². The van der Waals surface area contributed by atoms with E-state index in [2.05, 4.69) is 5.32 Å². The number of carboxylic acids is 1. The van der Waals surface area contributed by atoms with E-state index in [1.165, 1.54) is 27.7 Å². The number of benzene rings is 1. The molecule has 0 unspecified atom stereocenters. The highest BCUT2D eigenvalue weighted by Crippen LogP contribution is 2.57. The van der Waals surface area contributed by atoms with Crippen LogP contribution in [0.5, 0.6) is 17.2 Å². The normalized spacial score (nSPS) is 21.4. The second-order valence-electron chi connectivity index (χ2n) is 9.46. The topological polar surface area (TPSA) is 150 Å². The number of carbonyl (C=O) groups is 4. The molecule has 0 fully saturated rings. The van der Waals surface area contributed by atoms with Crippen molar-refractivity contribution in [1.82, 2.24) is 5.32 Å². The highest BCUT2D eigenvalue weighted by Gasteiger charge is 2.56. The number of hydrogen-bond donors (Lipinski definition) is 4. The number of Topliss-reactive ketones (excluding diaryl/α,β-unsaturated/α-hetero) is 2. The van der Waals surface area contributed by atoms with Gasteiger partial charge in [0.1, 0.15) is 34.0 Å². The minimum absolute atomic E-state index is 0.00585. The Morgan fingerprint density at radius 2 is 1.76 bits per heavy atom. The lowest BCUT2D eigenvalue weighted by molar-refractivity contribution is -0.137. The number of ether oxygens (including phenoxy) is 1. The Kier molecular flexibility index (Phi) is 6.34. The Morgan fingerprint density at radius 3 is 2.29 bits per heavy atom. The van der Waals surface area contributed by atoms with Gasteiger partial charge in [-0.15, -0.1) is 0 Å². The van der Waals surface area contributed by atoms with Crippen molar-refractivity contribution in [2.24, 2.45) is 5.92 Å². The molecule has 4 N–H and O–H groups in total. The molecule has 0 spiro atoms. The Bertz CT molecular complexity index is 1190. The first-order valence-electron chi connectivity index (χ1n) is 11.0. The number of carboxylic acid groups (broad SMARTS) is 1. The van der Waals surface area contributed by atoms with E-state index in [4.69, 9.17) is 4.74 Å². The van der Waals surface area contributed by atoms with Crippen molar-refractivity contribution in [2.45, 2.75) is 65.8 Å². The molecule has 2 aliphatic rings. The number of ketones is 3. The largest absolute Gasteiger partial charge is 0.507 e. The molecule has 9 heteroatoms. The zero-order chi connectivity index (χ0) is 25.7. The third kappa shape index (κ3) is 3.85. The number of allylic oxidation sites excluding steroid dienone is 4. The quantitative estimate of drug-likeness (QED) is 0.267. The summed E-state index contributed by atoms with van der Waals surface area (Å²) in [5, 5.41) is 33.6. The lowest BCUT2D eigenvalue weighted by atomic mass is 9.70. The van der Waals surface area contributed by atoms with Crippen LogP contribution < -0.4 is 10.1 Å². The van der Waals surface area contributed by atoms with Crippen molar-refractivity contribution in [3.63, 3.8) is 0 Å². The number of hydrogen-bond acceptors (Lipinski definition) is 8. The van der Waals surface area contributed by atoms with Crippen LogP contribution in [0.4, 0.5) is 0 Å². The second-order valence-corrected chi connectivity index (χ2v) is 9.46. The fourth-order valence-electron chi connectivity index (χ4n) is 4.71. The van der Waals surface area contributed by atoms with E-state index >= 15 is 0 Å². The molecule has 1 aromatic rings. The Labute approximate surface area is 197 Å². The molecule has 0 saturated heterocycles. The summed E-state index contributed by atoms with van der Waals surface area (Å²) in [6.07, 6.45) is 1.44. The van der Waals surface area contributed by atoms with Gasteiger partial charge in [0.05, 0.1) is 17.6 Å². The van der Waals surface area contributed by atoms with E-state index in [0.717, 1.165) is 6.08 Å². The molecular formula is C25H29NO8. The average molecular weight is 472 g/mol. The van der Waals surface area contributed by atoms with Gasteiger partial charge in [-0.25, -0.2) is 0 Å². The van der Waals surface area contributed by atoms with Crippen LogP contribution in [0.1, 0.15) is 68.9 Å². The predicted molar refractivity (Wildman–Crippen MR) is 122 cm³/mol. The molecule has 0 aromatic heterocycles. The molecule has 0 saturated carbocycles. The Balaban J connectivity index is 2.18. The van der Waals surface area contributed by atoms with E-state index in [0.29, 0.717) is 6.42 Å². The highest BCUT2D eigenvalue weighted by molar-refractivity contribution is 6.31. The molecule has 182 valence electrons. The van der Waals surface area contributed by atoms with Gasteiger partial charge in [-0.05, 0) is 40.0 Å². The fraction of sp³-hybridized carbons (Fsp3) is 0.440. The molecule has 34 heavy (non-hydrogen) atoms. The summed E-state index contributed by atoms with van der Waals surface area (Å²) in [6, 6.07) is -0.507. The van der Waals surface area contributed by atoms with E-state index in [-0.39, 0.29) is 51.8 Å². The number of aliphatic carboxylic acids is 1. The number of phenols is 2. The lowest BCUT2D eigenvalue weighted by Crippen LogP contribution is -2.42. The number of phenolic OH excluding ortho intramolecular Hbond substituents is 2. The van der Waals surface area contributed by atoms with Gasteiger partial charge in [-0.1, -0.05) is 13.8 Å². The van der Waals surface area contributed by atoms with E-state index in [1.807, 2.05) is 13.8 Å². The van der Waals surface area contributed by atoms with Gasteiger partial charge >= 0.3 is 5.97 Å². The van der Waals surface area contributed by atoms with Gasteiger partial charge in [0.15, 0.2) is 17.3 Å². The average Bonchev–Trinajstić information content (AvgIpc) is 2.98. The Morgan fingerprint density at radius 1 is 1.15 bits per heavy atom. The summed E-state index contributed by atoms with van der Waals surface area (Å²) in [5.41, 5.74) is -1.75. The molecule has 0 radical (unpaired) electrons. The third-order valence-electron chi connectivity index (χ3n) is 6.36. The molecular weight excluding hydrogens is 442 g/mol. The van der Waals surface area contributed by atoms with Crippen molar-refractivity contribution < 1.29 is 39.2 Å². The smallest absolute Gasteiger partial charge is 0.305 e. The number of rotatable bonds is 7. The van der Waals surface area contributed by atoms with Gasteiger partial charge in [0, 0.05) is 23.4 Å². The first-order valence-corrected chi connectivity index (χ1v) is 11.0. The van der Waals surface area contributed by atoms with Crippen LogP contribution >= 0.6 is 0 Å². The standard InChI is InChI=1S/C25H29NO8/c1-10(2)7-14(8-17(29)30)26-12(4)18-15(28)9-16-25(6,24(18)33)20-22(32)11(3)21(31)19(13(5)27)23(20)34-16/h9-10,14,26,31-32H,7-8H2,1-6H3,(H,29,30)/b18-12+/t14-,25+/m0/s1. The maximum Gasteiger partial charge on any atom is 0.305 e. The maximum atomic E-state index is 13.8. The number of aromatic hydroxyl groups is 2. The summed E-state index contributed by atoms with van der Waals surface area (Å²) in [4.78, 5) is 50.3. The SMILES string of the molecule is CC(=O)c1c(O)c(C)c(O)c2c1OC1=CC(=O)/C(=C(/C)N[C@H](CC(=O)O)CC(C)C)C(=O)[C@]12C. The van der Waals surface area contributed by atoms with Crippen LogP contribution in [-0.2, 0) is 19.8 Å². The molecule has 0 amide bonds. The van der Waals surface area contributed by atoms with Crippen molar-refractivity contribution >= 4 is 23.3 Å². The number of carbonyl (C=O) groups excluding carboxylic acids is 3. The van der Waals surface area contributed by atoms with E-state index < -0.39 is 46.3 Å². The minimum atomic E-state index is -1.62. The molecule has 1 aliphatic heterocycles. The minimum Gasteiger partial charge on any atom is -0.507 e. The van der Waals surface area contributed by atoms with Crippen LogP contribution in [0, 0.1) is 12.8 Å². The zero-order valence-corrected chi connectivity index (χ0v) is 20.0. The molecule has 9 nitrogen and oxygen atoms in total. The molecule has 3 rings (SSSR count). The van der Waals surface area contributed by atoms with Crippen LogP contribution in [0.25, 0.3) is 0 Å². The summed E-state index contributed by atoms with van der Waals surface area (Å²) in [7, 11) is 0. The molecule has 0 bridgehead atoms. The zero-order valence-electron chi connectivity index (χ0n) is 20.0. The fourth-order valence-corrected chi connectivity index (χ4v) is 4.71. The van der Waals surface area contributed by atoms with Crippen LogP contribution in [-0.4, -0.2) is 44.7 Å². The number of fused-ring (bicyclic) bond motifs is 3. The number of nitrogens with one attached hydrogen (secondary N) is 1. The Hall–Kier alpha value is -3.62. The van der Waals surface area contributed by atoms with E-state index in [9.17, 15) is 34.5 Å². The van der Waals surface area contributed by atoms with Crippen LogP contribution in [0.3, 0.4) is 0 Å². The van der Waals surface area contributed by atoms with Crippen molar-refractivity contribution in [3.05, 3.63) is 39.8 Å². The van der Waals surface area contributed by atoms with Gasteiger partial charge in [-0.2, -0.15) is 0 Å². The summed E-state index contributed by atoms with van der Waals surface area (Å²) < 4.78 is 5.74. The van der Waals surface area contributed by atoms with Gasteiger partial charge in [0.2, 0.25) is 0 Å². The summed E-state index contributed by atoms with van der Waals surface area (Å²) >= 11 is 0. The maximum absolute atomic E-state index is 13.8. The van der Waals surface area contributed by atoms with Crippen molar-refractivity contribution in [3.8, 4) is 17.2 Å². The molecule has 1 heterocycles. The first kappa shape index (κ1) is 25.0. The summed E-state index contributed by atoms with van der Waals surface area (Å²) in [6.45, 7) is 9.51. The highest BCUT2D eigenvalue weighted by atomic mass is 16.5. The summed E-state index contributed by atoms with van der Waals surface area (Å²) in [5.74, 6) is -3.74. The van der Waals surface area contributed by atoms with Crippen molar-refractivity contribution in [1.29, 1.82) is 0 Å². The van der Waals surface area contributed by atoms with Gasteiger partial charge in [-0.3, -0.25) is 19.2 Å². The first-order chi connectivity index (χ1) is 15.7. The lowest BCUT2D eigenvalue weighted by Gasteiger charge is -2.30. The van der Waals surface area contributed by atoms with E-state index in [1.54, 1.807) is 0 Å². The van der Waals surface area contributed by atoms with Gasteiger partial charge < -0.3 is 25.4 Å². The van der Waals surface area contributed by atoms with Gasteiger partial charge in [0.25, 0.3) is 0 Å². The predicted octanol–water partition coefficient (Wildman–Crippen LogP) is 3.05.